The average molecular weight is 237 g/mol. The van der Waals surface area contributed by atoms with Crippen LogP contribution < -0.4 is 5.32 Å². The molecule has 92 valence electrons. The van der Waals surface area contributed by atoms with E-state index < -0.39 is 11.8 Å². The van der Waals surface area contributed by atoms with Gasteiger partial charge < -0.3 is 10.4 Å². The van der Waals surface area contributed by atoms with Crippen LogP contribution in [0.2, 0.25) is 0 Å². The van der Waals surface area contributed by atoms with Gasteiger partial charge in [0.1, 0.15) is 5.82 Å². The minimum absolute atomic E-state index is 0.00662. The van der Waals surface area contributed by atoms with Gasteiger partial charge in [-0.1, -0.05) is 13.3 Å². The predicted molar refractivity (Wildman–Crippen MR) is 63.8 cm³/mol. The SMILES string of the molecule is CCCC1CC1Nc1ccc(F)cc1C(=O)O. The molecule has 1 aromatic carbocycles. The first-order valence-electron chi connectivity index (χ1n) is 5.91. The maximum Gasteiger partial charge on any atom is 0.337 e. The summed E-state index contributed by atoms with van der Waals surface area (Å²) >= 11 is 0. The van der Waals surface area contributed by atoms with E-state index in [0.717, 1.165) is 25.3 Å². The molecule has 4 heteroatoms. The smallest absolute Gasteiger partial charge is 0.337 e. The van der Waals surface area contributed by atoms with Gasteiger partial charge in [0.2, 0.25) is 0 Å². The fourth-order valence-electron chi connectivity index (χ4n) is 2.13. The monoisotopic (exact) mass is 237 g/mol. The van der Waals surface area contributed by atoms with Crippen LogP contribution in [0.5, 0.6) is 0 Å². The lowest BCUT2D eigenvalue weighted by molar-refractivity contribution is 0.0697. The first-order chi connectivity index (χ1) is 8.11. The molecule has 2 atom stereocenters. The third-order valence-corrected chi connectivity index (χ3v) is 3.13. The number of aromatic carboxylic acids is 1. The van der Waals surface area contributed by atoms with Crippen molar-refractivity contribution in [3.8, 4) is 0 Å². The molecule has 0 heterocycles. The number of benzene rings is 1. The number of anilines is 1. The molecule has 17 heavy (non-hydrogen) atoms. The van der Waals surface area contributed by atoms with Gasteiger partial charge in [0.15, 0.2) is 0 Å². The summed E-state index contributed by atoms with van der Waals surface area (Å²) in [5, 5.41) is 12.2. The Morgan fingerprint density at radius 1 is 1.59 bits per heavy atom. The van der Waals surface area contributed by atoms with Crippen LogP contribution in [0.4, 0.5) is 10.1 Å². The highest BCUT2D eigenvalue weighted by molar-refractivity contribution is 5.94. The van der Waals surface area contributed by atoms with E-state index in [4.69, 9.17) is 5.11 Å². The largest absolute Gasteiger partial charge is 0.478 e. The van der Waals surface area contributed by atoms with Crippen molar-refractivity contribution in [1.29, 1.82) is 0 Å². The Labute approximate surface area is 99.7 Å². The topological polar surface area (TPSA) is 49.3 Å². The molecule has 0 spiro atoms. The quantitative estimate of drug-likeness (QED) is 0.827. The molecule has 1 aliphatic rings. The van der Waals surface area contributed by atoms with Crippen LogP contribution in [0.25, 0.3) is 0 Å². The highest BCUT2D eigenvalue weighted by Gasteiger charge is 2.36. The standard InChI is InChI=1S/C13H16FNO2/c1-2-3-8-6-12(8)15-11-5-4-9(14)7-10(11)13(16)17/h4-5,7-8,12,15H,2-3,6H2,1H3,(H,16,17). The van der Waals surface area contributed by atoms with Crippen LogP contribution in [0, 0.1) is 11.7 Å². The van der Waals surface area contributed by atoms with Gasteiger partial charge in [-0.15, -0.1) is 0 Å². The second-order valence-corrected chi connectivity index (χ2v) is 4.53. The van der Waals surface area contributed by atoms with Crippen LogP contribution in [0.15, 0.2) is 18.2 Å². The number of halogens is 1. The zero-order chi connectivity index (χ0) is 12.4. The fraction of sp³-hybridized carbons (Fsp3) is 0.462. The van der Waals surface area contributed by atoms with Crippen molar-refractivity contribution in [2.45, 2.75) is 32.2 Å². The van der Waals surface area contributed by atoms with Crippen molar-refractivity contribution in [1.82, 2.24) is 0 Å². The molecule has 1 aromatic rings. The molecular weight excluding hydrogens is 221 g/mol. The van der Waals surface area contributed by atoms with Gasteiger partial charge in [-0.25, -0.2) is 9.18 Å². The Bertz CT molecular complexity index is 433. The summed E-state index contributed by atoms with van der Waals surface area (Å²) in [6, 6.07) is 4.19. The number of hydrogen-bond donors (Lipinski definition) is 2. The molecule has 3 nitrogen and oxygen atoms in total. The molecule has 0 radical (unpaired) electrons. The number of carboxylic acid groups (broad SMARTS) is 1. The Balaban J connectivity index is 2.08. The normalized spacial score (nSPS) is 22.2. The number of carboxylic acids is 1. The van der Waals surface area contributed by atoms with Gasteiger partial charge >= 0.3 is 5.97 Å². The van der Waals surface area contributed by atoms with Gasteiger partial charge in [0.25, 0.3) is 0 Å². The Kier molecular flexibility index (Phi) is 3.31. The lowest BCUT2D eigenvalue weighted by atomic mass is 10.1. The molecule has 0 amide bonds. The van der Waals surface area contributed by atoms with Gasteiger partial charge in [-0.05, 0) is 37.0 Å². The molecule has 2 rings (SSSR count). The van der Waals surface area contributed by atoms with Crippen LogP contribution in [-0.2, 0) is 0 Å². The predicted octanol–water partition coefficient (Wildman–Crippen LogP) is 3.12. The summed E-state index contributed by atoms with van der Waals surface area (Å²) in [5.74, 6) is -0.986. The van der Waals surface area contributed by atoms with Gasteiger partial charge in [0, 0.05) is 11.7 Å². The van der Waals surface area contributed by atoms with Crippen molar-refractivity contribution >= 4 is 11.7 Å². The lowest BCUT2D eigenvalue weighted by Crippen LogP contribution is -2.10. The van der Waals surface area contributed by atoms with Crippen LogP contribution in [-0.4, -0.2) is 17.1 Å². The van der Waals surface area contributed by atoms with E-state index in [1.54, 1.807) is 0 Å². The minimum Gasteiger partial charge on any atom is -0.478 e. The lowest BCUT2D eigenvalue weighted by Gasteiger charge is -2.09. The molecule has 0 saturated heterocycles. The van der Waals surface area contributed by atoms with E-state index in [1.165, 1.54) is 12.1 Å². The van der Waals surface area contributed by atoms with Crippen LogP contribution in [0.3, 0.4) is 0 Å². The molecule has 2 N–H and O–H groups in total. The molecule has 0 bridgehead atoms. The number of carbonyl (C=O) groups is 1. The highest BCUT2D eigenvalue weighted by atomic mass is 19.1. The molecule has 1 aliphatic carbocycles. The second kappa shape index (κ2) is 4.73. The van der Waals surface area contributed by atoms with Crippen molar-refractivity contribution in [2.75, 3.05) is 5.32 Å². The maximum atomic E-state index is 13.0. The van der Waals surface area contributed by atoms with Gasteiger partial charge in [-0.3, -0.25) is 0 Å². The molecule has 0 aliphatic heterocycles. The summed E-state index contributed by atoms with van der Waals surface area (Å²) in [6.07, 6.45) is 3.36. The number of nitrogens with one attached hydrogen (secondary N) is 1. The van der Waals surface area contributed by atoms with Crippen LogP contribution in [0.1, 0.15) is 36.5 Å². The Morgan fingerprint density at radius 2 is 2.35 bits per heavy atom. The summed E-state index contributed by atoms with van der Waals surface area (Å²) in [6.45, 7) is 2.13. The molecular formula is C13H16FNO2. The van der Waals surface area contributed by atoms with Crippen molar-refractivity contribution < 1.29 is 14.3 Å². The average Bonchev–Trinajstić information content (AvgIpc) is 2.99. The van der Waals surface area contributed by atoms with E-state index in [1.807, 2.05) is 0 Å². The molecule has 1 fully saturated rings. The van der Waals surface area contributed by atoms with E-state index >= 15 is 0 Å². The zero-order valence-corrected chi connectivity index (χ0v) is 9.74. The Hall–Kier alpha value is -1.58. The Morgan fingerprint density at radius 3 is 3.00 bits per heavy atom. The first kappa shape index (κ1) is 11.9. The van der Waals surface area contributed by atoms with Crippen molar-refractivity contribution in [3.05, 3.63) is 29.6 Å². The third-order valence-electron chi connectivity index (χ3n) is 3.13. The molecule has 2 unspecified atom stereocenters. The molecule has 0 aromatic heterocycles. The van der Waals surface area contributed by atoms with Crippen molar-refractivity contribution in [3.63, 3.8) is 0 Å². The number of rotatable bonds is 5. The maximum absolute atomic E-state index is 13.0. The molecule has 1 saturated carbocycles. The summed E-state index contributed by atoms with van der Waals surface area (Å²) in [5.41, 5.74) is 0.523. The highest BCUT2D eigenvalue weighted by Crippen LogP contribution is 2.37. The van der Waals surface area contributed by atoms with Crippen molar-refractivity contribution in [2.24, 2.45) is 5.92 Å². The zero-order valence-electron chi connectivity index (χ0n) is 9.74. The van der Waals surface area contributed by atoms with E-state index in [9.17, 15) is 9.18 Å². The van der Waals surface area contributed by atoms with Gasteiger partial charge in [-0.2, -0.15) is 0 Å². The number of hydrogen-bond acceptors (Lipinski definition) is 2. The third kappa shape index (κ3) is 2.75. The van der Waals surface area contributed by atoms with E-state index in [2.05, 4.69) is 12.2 Å². The van der Waals surface area contributed by atoms with Crippen LogP contribution >= 0.6 is 0 Å². The summed E-state index contributed by atoms with van der Waals surface area (Å²) in [4.78, 5) is 11.0. The minimum atomic E-state index is -1.10. The van der Waals surface area contributed by atoms with E-state index in [0.29, 0.717) is 17.6 Å². The van der Waals surface area contributed by atoms with E-state index in [-0.39, 0.29) is 5.56 Å². The first-order valence-corrected chi connectivity index (χ1v) is 5.91. The second-order valence-electron chi connectivity index (χ2n) is 4.53. The summed E-state index contributed by atoms with van der Waals surface area (Å²) < 4.78 is 13.0. The summed E-state index contributed by atoms with van der Waals surface area (Å²) in [7, 11) is 0. The fourth-order valence-corrected chi connectivity index (χ4v) is 2.13. The van der Waals surface area contributed by atoms with Gasteiger partial charge in [0.05, 0.1) is 5.56 Å².